The molecule has 134 valence electrons. The Labute approximate surface area is 148 Å². The van der Waals surface area contributed by atoms with Crippen LogP contribution < -0.4 is 10.6 Å². The summed E-state index contributed by atoms with van der Waals surface area (Å²) in [5, 5.41) is 9.14. The molecule has 1 atom stereocenters. The summed E-state index contributed by atoms with van der Waals surface area (Å²) in [5.74, 6) is -0.805. The minimum Gasteiger partial charge on any atom is -0.359 e. The highest BCUT2D eigenvalue weighted by molar-refractivity contribution is 6.39. The molecule has 0 radical (unpaired) electrons. The smallest absolute Gasteiger partial charge is 0.313 e. The third-order valence-corrected chi connectivity index (χ3v) is 4.18. The van der Waals surface area contributed by atoms with Crippen molar-refractivity contribution >= 4 is 17.5 Å². The van der Waals surface area contributed by atoms with Gasteiger partial charge in [-0.2, -0.15) is 0 Å². The van der Waals surface area contributed by atoms with Gasteiger partial charge in [0.1, 0.15) is 11.4 Å². The molecule has 0 saturated carbocycles. The number of carbonyl (C=O) groups excluding carboxylic acids is 2. The number of carbonyl (C=O) groups is 2. The van der Waals surface area contributed by atoms with Gasteiger partial charge in [0, 0.05) is 0 Å². The second-order valence-electron chi connectivity index (χ2n) is 6.44. The zero-order valence-electron chi connectivity index (χ0n) is 15.3. The van der Waals surface area contributed by atoms with Crippen molar-refractivity contribution in [1.29, 1.82) is 0 Å². The molecular weight excluding hydrogens is 318 g/mol. The molecule has 0 bridgehead atoms. The molecule has 1 heterocycles. The summed E-state index contributed by atoms with van der Waals surface area (Å²) in [6, 6.07) is 7.84. The van der Waals surface area contributed by atoms with E-state index >= 15 is 0 Å². The van der Waals surface area contributed by atoms with E-state index < -0.39 is 11.8 Å². The fourth-order valence-corrected chi connectivity index (χ4v) is 2.63. The van der Waals surface area contributed by atoms with E-state index in [0.717, 1.165) is 12.0 Å². The molecule has 6 nitrogen and oxygen atoms in total. The van der Waals surface area contributed by atoms with Crippen LogP contribution in [-0.4, -0.2) is 17.0 Å². The average molecular weight is 343 g/mol. The Kier molecular flexibility index (Phi) is 5.96. The molecule has 1 aromatic carbocycles. The summed E-state index contributed by atoms with van der Waals surface area (Å²) in [7, 11) is 0. The standard InChI is InChI=1S/C19H25N3O3/c1-6-14-7-9-15(10-8-14)16(11(2)3)20-18(23)19(24)21-17-12(4)22-25-13(17)5/h7-11,16H,6H2,1-5H3,(H,20,23)(H,21,24). The first-order chi connectivity index (χ1) is 11.8. The van der Waals surface area contributed by atoms with Crippen LogP contribution in [0.5, 0.6) is 0 Å². The van der Waals surface area contributed by atoms with Gasteiger partial charge in [-0.3, -0.25) is 9.59 Å². The molecule has 2 aromatic rings. The maximum Gasteiger partial charge on any atom is 0.313 e. The van der Waals surface area contributed by atoms with Crippen molar-refractivity contribution in [2.45, 2.75) is 47.1 Å². The van der Waals surface area contributed by atoms with Gasteiger partial charge < -0.3 is 15.2 Å². The third kappa shape index (κ3) is 4.47. The van der Waals surface area contributed by atoms with Crippen molar-refractivity contribution in [3.63, 3.8) is 0 Å². The lowest BCUT2D eigenvalue weighted by Crippen LogP contribution is -2.39. The highest BCUT2D eigenvalue weighted by Gasteiger charge is 2.24. The predicted octanol–water partition coefficient (Wildman–Crippen LogP) is 3.31. The number of aryl methyl sites for hydroxylation is 3. The van der Waals surface area contributed by atoms with Crippen molar-refractivity contribution in [3.05, 3.63) is 46.8 Å². The molecule has 2 N–H and O–H groups in total. The van der Waals surface area contributed by atoms with E-state index in [1.54, 1.807) is 13.8 Å². The monoisotopic (exact) mass is 343 g/mol. The Bertz CT molecular complexity index is 728. The van der Waals surface area contributed by atoms with Crippen LogP contribution in [0, 0.1) is 19.8 Å². The van der Waals surface area contributed by atoms with Crippen LogP contribution in [0.1, 0.15) is 49.4 Å². The lowest BCUT2D eigenvalue weighted by molar-refractivity contribution is -0.136. The molecule has 2 amide bonds. The molecule has 25 heavy (non-hydrogen) atoms. The Balaban J connectivity index is 2.10. The highest BCUT2D eigenvalue weighted by atomic mass is 16.5. The van der Waals surface area contributed by atoms with Crippen molar-refractivity contribution in [2.24, 2.45) is 5.92 Å². The van der Waals surface area contributed by atoms with Crippen LogP contribution in [0.4, 0.5) is 5.69 Å². The van der Waals surface area contributed by atoms with Crippen LogP contribution in [-0.2, 0) is 16.0 Å². The third-order valence-electron chi connectivity index (χ3n) is 4.18. The number of amides is 2. The zero-order chi connectivity index (χ0) is 18.6. The Hall–Kier alpha value is -2.63. The Morgan fingerprint density at radius 1 is 1.12 bits per heavy atom. The average Bonchev–Trinajstić information content (AvgIpc) is 2.91. The summed E-state index contributed by atoms with van der Waals surface area (Å²) in [6.07, 6.45) is 0.957. The van der Waals surface area contributed by atoms with E-state index in [1.165, 1.54) is 5.56 Å². The first kappa shape index (κ1) is 18.7. The molecular formula is C19H25N3O3. The number of hydrogen-bond donors (Lipinski definition) is 2. The number of hydrogen-bond acceptors (Lipinski definition) is 4. The fourth-order valence-electron chi connectivity index (χ4n) is 2.63. The van der Waals surface area contributed by atoms with E-state index in [4.69, 9.17) is 4.52 Å². The second-order valence-corrected chi connectivity index (χ2v) is 6.44. The fraction of sp³-hybridized carbons (Fsp3) is 0.421. The molecule has 0 saturated heterocycles. The van der Waals surface area contributed by atoms with E-state index in [9.17, 15) is 9.59 Å². The second kappa shape index (κ2) is 7.96. The maximum absolute atomic E-state index is 12.3. The van der Waals surface area contributed by atoms with Crippen LogP contribution in [0.3, 0.4) is 0 Å². The van der Waals surface area contributed by atoms with Gasteiger partial charge in [0.05, 0.1) is 6.04 Å². The normalized spacial score (nSPS) is 12.1. The van der Waals surface area contributed by atoms with Crippen LogP contribution in [0.25, 0.3) is 0 Å². The summed E-state index contributed by atoms with van der Waals surface area (Å²) in [4.78, 5) is 24.5. The number of nitrogens with one attached hydrogen (secondary N) is 2. The topological polar surface area (TPSA) is 84.2 Å². The molecule has 1 unspecified atom stereocenters. The lowest BCUT2D eigenvalue weighted by atomic mass is 9.95. The van der Waals surface area contributed by atoms with Crippen molar-refractivity contribution in [1.82, 2.24) is 10.5 Å². The molecule has 0 aliphatic rings. The lowest BCUT2D eigenvalue weighted by Gasteiger charge is -2.23. The number of aromatic nitrogens is 1. The molecule has 6 heteroatoms. The summed E-state index contributed by atoms with van der Waals surface area (Å²) >= 11 is 0. The quantitative estimate of drug-likeness (QED) is 0.816. The zero-order valence-corrected chi connectivity index (χ0v) is 15.3. The van der Waals surface area contributed by atoms with E-state index in [1.807, 2.05) is 38.1 Å². The highest BCUT2D eigenvalue weighted by Crippen LogP contribution is 2.23. The predicted molar refractivity (Wildman–Crippen MR) is 96.1 cm³/mol. The molecule has 0 aliphatic heterocycles. The van der Waals surface area contributed by atoms with Gasteiger partial charge in [0.25, 0.3) is 0 Å². The summed E-state index contributed by atoms with van der Waals surface area (Å²) < 4.78 is 4.99. The minimum atomic E-state index is -0.731. The van der Waals surface area contributed by atoms with Crippen LogP contribution >= 0.6 is 0 Å². The van der Waals surface area contributed by atoms with Gasteiger partial charge in [-0.25, -0.2) is 0 Å². The minimum absolute atomic E-state index is 0.142. The number of benzene rings is 1. The van der Waals surface area contributed by atoms with Gasteiger partial charge in [-0.15, -0.1) is 0 Å². The van der Waals surface area contributed by atoms with Gasteiger partial charge in [-0.05, 0) is 37.3 Å². The molecule has 2 rings (SSSR count). The number of anilines is 1. The largest absolute Gasteiger partial charge is 0.359 e. The van der Waals surface area contributed by atoms with E-state index in [0.29, 0.717) is 17.1 Å². The summed E-state index contributed by atoms with van der Waals surface area (Å²) in [6.45, 7) is 9.49. The first-order valence-electron chi connectivity index (χ1n) is 8.47. The molecule has 1 aromatic heterocycles. The van der Waals surface area contributed by atoms with Gasteiger partial charge in [0.15, 0.2) is 5.76 Å². The number of nitrogens with zero attached hydrogens (tertiary/aromatic N) is 1. The SMILES string of the molecule is CCc1ccc(C(NC(=O)C(=O)Nc2c(C)noc2C)C(C)C)cc1. The van der Waals surface area contributed by atoms with Crippen LogP contribution in [0.2, 0.25) is 0 Å². The molecule has 0 aliphatic carbocycles. The first-order valence-corrected chi connectivity index (χ1v) is 8.47. The number of rotatable bonds is 5. The van der Waals surface area contributed by atoms with Crippen molar-refractivity contribution < 1.29 is 14.1 Å². The maximum atomic E-state index is 12.3. The van der Waals surface area contributed by atoms with E-state index in [-0.39, 0.29) is 12.0 Å². The Morgan fingerprint density at radius 3 is 2.24 bits per heavy atom. The summed E-state index contributed by atoms with van der Waals surface area (Å²) in [5.41, 5.74) is 3.18. The van der Waals surface area contributed by atoms with Crippen molar-refractivity contribution in [2.75, 3.05) is 5.32 Å². The van der Waals surface area contributed by atoms with Gasteiger partial charge >= 0.3 is 11.8 Å². The van der Waals surface area contributed by atoms with E-state index in [2.05, 4.69) is 22.7 Å². The van der Waals surface area contributed by atoms with Crippen molar-refractivity contribution in [3.8, 4) is 0 Å². The van der Waals surface area contributed by atoms with Crippen LogP contribution in [0.15, 0.2) is 28.8 Å². The molecule has 0 spiro atoms. The Morgan fingerprint density at radius 2 is 1.76 bits per heavy atom. The van der Waals surface area contributed by atoms with Gasteiger partial charge in [-0.1, -0.05) is 50.2 Å². The molecule has 0 fully saturated rings. The van der Waals surface area contributed by atoms with Gasteiger partial charge in [0.2, 0.25) is 0 Å².